The van der Waals surface area contributed by atoms with Crippen LogP contribution >= 0.6 is 0 Å². The number of rotatable bonds is 4. The van der Waals surface area contributed by atoms with Crippen LogP contribution in [0.25, 0.3) is 0 Å². The molecule has 0 aromatic carbocycles. The van der Waals surface area contributed by atoms with Crippen LogP contribution in [0.15, 0.2) is 30.6 Å². The highest BCUT2D eigenvalue weighted by Gasteiger charge is 2.09. The lowest BCUT2D eigenvalue weighted by Crippen LogP contribution is -2.10. The molecule has 0 saturated heterocycles. The van der Waals surface area contributed by atoms with Crippen LogP contribution in [-0.2, 0) is 24.7 Å². The molecule has 0 unspecified atom stereocenters. The fourth-order valence-electron chi connectivity index (χ4n) is 1.82. The molecule has 2 aromatic heterocycles. The lowest BCUT2D eigenvalue weighted by molar-refractivity contribution is -0.117. The maximum atomic E-state index is 11.9. The Bertz CT molecular complexity index is 517. The molecule has 0 aliphatic heterocycles. The highest BCUT2D eigenvalue weighted by molar-refractivity contribution is 5.82. The maximum absolute atomic E-state index is 11.9. The lowest BCUT2D eigenvalue weighted by atomic mass is 10.1. The third-order valence-corrected chi connectivity index (χ3v) is 2.60. The topological polar surface area (TPSA) is 47.8 Å². The van der Waals surface area contributed by atoms with Crippen molar-refractivity contribution in [3.05, 3.63) is 47.5 Å². The fraction of sp³-hybridized carbons (Fsp3) is 0.308. The van der Waals surface area contributed by atoms with Crippen molar-refractivity contribution in [1.29, 1.82) is 0 Å². The van der Waals surface area contributed by atoms with Gasteiger partial charge >= 0.3 is 0 Å². The molecule has 0 aliphatic rings. The number of aryl methyl sites for hydroxylation is 2. The molecule has 0 bridgehead atoms. The second-order valence-electron chi connectivity index (χ2n) is 4.15. The first-order valence-electron chi connectivity index (χ1n) is 5.55. The minimum absolute atomic E-state index is 0.181. The minimum atomic E-state index is 0.181. The Labute approximate surface area is 100 Å². The van der Waals surface area contributed by atoms with Gasteiger partial charge in [0, 0.05) is 38.0 Å². The fourth-order valence-corrected chi connectivity index (χ4v) is 1.82. The molecule has 0 saturated carbocycles. The summed E-state index contributed by atoms with van der Waals surface area (Å²) in [6.07, 6.45) is 4.29. The Kier molecular flexibility index (Phi) is 3.32. The number of pyridine rings is 1. The van der Waals surface area contributed by atoms with Crippen LogP contribution in [0.3, 0.4) is 0 Å². The van der Waals surface area contributed by atoms with E-state index < -0.39 is 0 Å². The third kappa shape index (κ3) is 3.00. The normalized spacial score (nSPS) is 10.5. The van der Waals surface area contributed by atoms with E-state index in [0.717, 1.165) is 17.0 Å². The smallest absolute Gasteiger partial charge is 0.143 e. The number of hydrogen-bond acceptors (Lipinski definition) is 3. The monoisotopic (exact) mass is 229 g/mol. The molecule has 2 aromatic rings. The predicted molar refractivity (Wildman–Crippen MR) is 64.6 cm³/mol. The van der Waals surface area contributed by atoms with Crippen LogP contribution in [0.5, 0.6) is 0 Å². The van der Waals surface area contributed by atoms with Crippen molar-refractivity contribution < 1.29 is 4.79 Å². The highest BCUT2D eigenvalue weighted by Crippen LogP contribution is 2.06. The first-order chi connectivity index (χ1) is 8.15. The van der Waals surface area contributed by atoms with E-state index in [-0.39, 0.29) is 5.78 Å². The number of aromatic nitrogens is 3. The minimum Gasteiger partial charge on any atom is -0.299 e. The van der Waals surface area contributed by atoms with Gasteiger partial charge in [-0.1, -0.05) is 6.07 Å². The number of Topliss-reactive ketones (excluding diaryl/α,β-unsaturated/α-hetero) is 1. The molecule has 0 atom stereocenters. The van der Waals surface area contributed by atoms with Crippen molar-refractivity contribution in [1.82, 2.24) is 14.8 Å². The first-order valence-corrected chi connectivity index (χ1v) is 5.55. The molecular formula is C13H15N3O. The summed E-state index contributed by atoms with van der Waals surface area (Å²) in [4.78, 5) is 15.9. The van der Waals surface area contributed by atoms with E-state index in [9.17, 15) is 4.79 Å². The van der Waals surface area contributed by atoms with Gasteiger partial charge < -0.3 is 0 Å². The number of nitrogens with zero attached hydrogens (tertiary/aromatic N) is 3. The molecule has 4 nitrogen and oxygen atoms in total. The SMILES string of the molecule is Cc1cc(CC(=O)Cc2cccnc2)n(C)n1. The van der Waals surface area contributed by atoms with Crippen LogP contribution in [0, 0.1) is 6.92 Å². The molecule has 0 aliphatic carbocycles. The van der Waals surface area contributed by atoms with Crippen molar-refractivity contribution in [3.8, 4) is 0 Å². The van der Waals surface area contributed by atoms with Crippen molar-refractivity contribution in [2.45, 2.75) is 19.8 Å². The second-order valence-corrected chi connectivity index (χ2v) is 4.15. The van der Waals surface area contributed by atoms with Crippen molar-refractivity contribution in [2.75, 3.05) is 0 Å². The van der Waals surface area contributed by atoms with Gasteiger partial charge in [-0.25, -0.2) is 0 Å². The molecule has 2 rings (SSSR count). The van der Waals surface area contributed by atoms with E-state index in [4.69, 9.17) is 0 Å². The van der Waals surface area contributed by atoms with Crippen molar-refractivity contribution >= 4 is 5.78 Å². The summed E-state index contributed by atoms with van der Waals surface area (Å²) in [6, 6.07) is 5.71. The first kappa shape index (κ1) is 11.5. The van der Waals surface area contributed by atoms with E-state index >= 15 is 0 Å². The Morgan fingerprint density at radius 1 is 1.41 bits per heavy atom. The number of ketones is 1. The summed E-state index contributed by atoms with van der Waals surface area (Å²) in [6.45, 7) is 1.93. The van der Waals surface area contributed by atoms with Gasteiger partial charge in [0.2, 0.25) is 0 Å². The van der Waals surface area contributed by atoms with Crippen LogP contribution in [0.1, 0.15) is 17.0 Å². The van der Waals surface area contributed by atoms with Gasteiger partial charge in [-0.05, 0) is 24.6 Å². The Balaban J connectivity index is 2.01. The number of hydrogen-bond donors (Lipinski definition) is 0. The maximum Gasteiger partial charge on any atom is 0.143 e. The van der Waals surface area contributed by atoms with Gasteiger partial charge in [-0.3, -0.25) is 14.5 Å². The van der Waals surface area contributed by atoms with Gasteiger partial charge in [0.1, 0.15) is 5.78 Å². The summed E-state index contributed by atoms with van der Waals surface area (Å²) < 4.78 is 1.76. The van der Waals surface area contributed by atoms with E-state index in [0.29, 0.717) is 12.8 Å². The number of carbonyl (C=O) groups excluding carboxylic acids is 1. The Hall–Kier alpha value is -1.97. The zero-order valence-corrected chi connectivity index (χ0v) is 10.1. The highest BCUT2D eigenvalue weighted by atomic mass is 16.1. The molecule has 4 heteroatoms. The van der Waals surface area contributed by atoms with Gasteiger partial charge in [0.15, 0.2) is 0 Å². The average molecular weight is 229 g/mol. The number of carbonyl (C=O) groups is 1. The summed E-state index contributed by atoms with van der Waals surface area (Å²) >= 11 is 0. The molecule has 88 valence electrons. The summed E-state index contributed by atoms with van der Waals surface area (Å²) in [5, 5.41) is 4.22. The van der Waals surface area contributed by atoms with Gasteiger partial charge in [-0.15, -0.1) is 0 Å². The zero-order valence-electron chi connectivity index (χ0n) is 10.1. The summed E-state index contributed by atoms with van der Waals surface area (Å²) in [5.74, 6) is 0.181. The molecule has 0 N–H and O–H groups in total. The quantitative estimate of drug-likeness (QED) is 0.797. The summed E-state index contributed by atoms with van der Waals surface area (Å²) in [7, 11) is 1.86. The molecule has 2 heterocycles. The standard InChI is InChI=1S/C13H15N3O/c1-10-6-12(16(2)15-10)8-13(17)7-11-4-3-5-14-9-11/h3-6,9H,7-8H2,1-2H3. The van der Waals surface area contributed by atoms with E-state index in [1.807, 2.05) is 32.2 Å². The van der Waals surface area contributed by atoms with E-state index in [1.165, 1.54) is 0 Å². The molecule has 0 amide bonds. The van der Waals surface area contributed by atoms with Crippen LogP contribution in [0.2, 0.25) is 0 Å². The van der Waals surface area contributed by atoms with Gasteiger partial charge in [-0.2, -0.15) is 5.10 Å². The Morgan fingerprint density at radius 3 is 2.82 bits per heavy atom. The molecular weight excluding hydrogens is 214 g/mol. The predicted octanol–water partition coefficient (Wildman–Crippen LogP) is 1.48. The molecule has 0 spiro atoms. The largest absolute Gasteiger partial charge is 0.299 e. The zero-order chi connectivity index (χ0) is 12.3. The van der Waals surface area contributed by atoms with Crippen molar-refractivity contribution in [2.24, 2.45) is 7.05 Å². The Morgan fingerprint density at radius 2 is 2.24 bits per heavy atom. The average Bonchev–Trinajstić information content (AvgIpc) is 2.58. The van der Waals surface area contributed by atoms with Crippen LogP contribution < -0.4 is 0 Å². The lowest BCUT2D eigenvalue weighted by Gasteiger charge is -2.01. The van der Waals surface area contributed by atoms with Gasteiger partial charge in [0.25, 0.3) is 0 Å². The van der Waals surface area contributed by atoms with Crippen LogP contribution in [0.4, 0.5) is 0 Å². The van der Waals surface area contributed by atoms with E-state index in [2.05, 4.69) is 10.1 Å². The van der Waals surface area contributed by atoms with E-state index in [1.54, 1.807) is 17.1 Å². The molecule has 0 fully saturated rings. The van der Waals surface area contributed by atoms with Crippen LogP contribution in [-0.4, -0.2) is 20.5 Å². The second kappa shape index (κ2) is 4.91. The van der Waals surface area contributed by atoms with Crippen molar-refractivity contribution in [3.63, 3.8) is 0 Å². The summed E-state index contributed by atoms with van der Waals surface area (Å²) in [5.41, 5.74) is 2.85. The third-order valence-electron chi connectivity index (χ3n) is 2.60. The molecule has 0 radical (unpaired) electrons. The van der Waals surface area contributed by atoms with Gasteiger partial charge in [0.05, 0.1) is 5.69 Å². The molecule has 17 heavy (non-hydrogen) atoms.